The van der Waals surface area contributed by atoms with Crippen molar-refractivity contribution in [2.75, 3.05) is 22.7 Å². The van der Waals surface area contributed by atoms with Crippen molar-refractivity contribution in [3.05, 3.63) is 34.3 Å². The van der Waals surface area contributed by atoms with Gasteiger partial charge in [0.2, 0.25) is 0 Å². The van der Waals surface area contributed by atoms with Gasteiger partial charge in [-0.1, -0.05) is 66.0 Å². The molecular formula is C12H15Br3S. The van der Waals surface area contributed by atoms with E-state index in [1.807, 2.05) is 11.8 Å². The molecule has 1 aromatic rings. The molecule has 0 spiro atoms. The predicted molar refractivity (Wildman–Crippen MR) is 86.4 cm³/mol. The molecule has 0 unspecified atom stereocenters. The Morgan fingerprint density at radius 3 is 2.31 bits per heavy atom. The summed E-state index contributed by atoms with van der Waals surface area (Å²) >= 11 is 12.9. The Bertz CT molecular complexity index is 324. The average Bonchev–Trinajstić information content (AvgIpc) is 2.33. The van der Waals surface area contributed by atoms with Gasteiger partial charge in [-0.25, -0.2) is 0 Å². The topological polar surface area (TPSA) is 0 Å². The van der Waals surface area contributed by atoms with Crippen molar-refractivity contribution in [3.8, 4) is 0 Å². The molecule has 16 heavy (non-hydrogen) atoms. The molecule has 0 saturated carbocycles. The molecule has 0 atom stereocenters. The zero-order chi connectivity index (χ0) is 12.0. The summed E-state index contributed by atoms with van der Waals surface area (Å²) in [5.41, 5.74) is 1.57. The average molecular weight is 431 g/mol. The van der Waals surface area contributed by atoms with E-state index in [9.17, 15) is 0 Å². The van der Waals surface area contributed by atoms with Crippen LogP contribution in [-0.4, -0.2) is 22.7 Å². The minimum atomic E-state index is 0.184. The van der Waals surface area contributed by atoms with Crippen molar-refractivity contribution in [2.45, 2.75) is 11.8 Å². The first-order valence-corrected chi connectivity index (χ1v) is 9.49. The Morgan fingerprint density at radius 1 is 1.19 bits per heavy atom. The highest BCUT2D eigenvalue weighted by Gasteiger charge is 2.31. The molecule has 90 valence electrons. The second kappa shape index (κ2) is 7.45. The predicted octanol–water partition coefficient (Wildman–Crippen LogP) is 5.23. The van der Waals surface area contributed by atoms with Crippen molar-refractivity contribution < 1.29 is 0 Å². The van der Waals surface area contributed by atoms with Gasteiger partial charge in [-0.05, 0) is 30.1 Å². The van der Waals surface area contributed by atoms with Crippen molar-refractivity contribution in [1.82, 2.24) is 0 Å². The van der Waals surface area contributed by atoms with E-state index >= 15 is 0 Å². The highest BCUT2D eigenvalue weighted by atomic mass is 79.9. The van der Waals surface area contributed by atoms with Crippen LogP contribution < -0.4 is 0 Å². The molecule has 0 fully saturated rings. The van der Waals surface area contributed by atoms with Crippen LogP contribution in [0.4, 0.5) is 0 Å². The van der Waals surface area contributed by atoms with Crippen LogP contribution in [0.3, 0.4) is 0 Å². The molecule has 0 radical (unpaired) electrons. The van der Waals surface area contributed by atoms with Crippen LogP contribution in [0.1, 0.15) is 12.0 Å². The molecule has 0 aromatic heterocycles. The molecule has 1 rings (SSSR count). The quantitative estimate of drug-likeness (QED) is 0.557. The molecule has 0 aliphatic rings. The number of alkyl halides is 2. The molecule has 0 heterocycles. The Morgan fingerprint density at radius 2 is 1.81 bits per heavy atom. The van der Waals surface area contributed by atoms with Crippen molar-refractivity contribution in [2.24, 2.45) is 0 Å². The van der Waals surface area contributed by atoms with Crippen molar-refractivity contribution in [1.29, 1.82) is 0 Å². The number of hydrogen-bond donors (Lipinski definition) is 0. The molecular weight excluding hydrogens is 416 g/mol. The Balaban J connectivity index is 3.05. The van der Waals surface area contributed by atoms with Crippen molar-refractivity contribution in [3.63, 3.8) is 0 Å². The van der Waals surface area contributed by atoms with Gasteiger partial charge in [-0.3, -0.25) is 0 Å². The van der Waals surface area contributed by atoms with Gasteiger partial charge in [0.1, 0.15) is 0 Å². The fourth-order valence-corrected chi connectivity index (χ4v) is 5.03. The van der Waals surface area contributed by atoms with Gasteiger partial charge < -0.3 is 0 Å². The van der Waals surface area contributed by atoms with Gasteiger partial charge in [-0.2, -0.15) is 11.8 Å². The highest BCUT2D eigenvalue weighted by Crippen LogP contribution is 2.37. The van der Waals surface area contributed by atoms with Gasteiger partial charge in [0.25, 0.3) is 0 Å². The number of hydrogen-bond acceptors (Lipinski definition) is 1. The monoisotopic (exact) mass is 428 g/mol. The maximum Gasteiger partial charge on any atom is 0.0213 e. The minimum Gasteiger partial charge on any atom is -0.165 e. The van der Waals surface area contributed by atoms with Crippen LogP contribution in [0.15, 0.2) is 28.7 Å². The van der Waals surface area contributed by atoms with E-state index in [0.29, 0.717) is 0 Å². The van der Waals surface area contributed by atoms with Crippen LogP contribution in [-0.2, 0) is 5.41 Å². The summed E-state index contributed by atoms with van der Waals surface area (Å²) in [5.74, 6) is 1.18. The van der Waals surface area contributed by atoms with E-state index in [1.165, 1.54) is 22.2 Å². The number of halogens is 3. The lowest BCUT2D eigenvalue weighted by molar-refractivity contribution is 0.536. The number of benzene rings is 1. The summed E-state index contributed by atoms with van der Waals surface area (Å²) in [7, 11) is 0. The molecule has 4 heteroatoms. The summed E-state index contributed by atoms with van der Waals surface area (Å²) < 4.78 is 1.20. The summed E-state index contributed by atoms with van der Waals surface area (Å²) in [5, 5.41) is 1.96. The second-order valence-corrected chi connectivity index (χ2v) is 6.73. The molecule has 0 saturated heterocycles. The summed E-state index contributed by atoms with van der Waals surface area (Å²) in [6.07, 6.45) is 3.33. The van der Waals surface area contributed by atoms with Gasteiger partial charge in [0.05, 0.1) is 0 Å². The molecule has 1 aromatic carbocycles. The smallest absolute Gasteiger partial charge is 0.0213 e. The van der Waals surface area contributed by atoms with Crippen LogP contribution in [0.5, 0.6) is 0 Å². The first kappa shape index (κ1) is 15.1. The molecule has 0 aliphatic carbocycles. The second-order valence-electron chi connectivity index (χ2n) is 3.77. The Kier molecular flexibility index (Phi) is 7.01. The Hall–Kier alpha value is 1.01. The van der Waals surface area contributed by atoms with Crippen LogP contribution in [0.25, 0.3) is 0 Å². The lowest BCUT2D eigenvalue weighted by Gasteiger charge is -2.31. The summed E-state index contributed by atoms with van der Waals surface area (Å²) in [6.45, 7) is 0. The van der Waals surface area contributed by atoms with Crippen LogP contribution in [0, 0.1) is 0 Å². The minimum absolute atomic E-state index is 0.184. The molecule has 0 aliphatic heterocycles. The van der Waals surface area contributed by atoms with Gasteiger partial charge in [-0.15, -0.1) is 0 Å². The van der Waals surface area contributed by atoms with Crippen LogP contribution in [0.2, 0.25) is 0 Å². The first-order chi connectivity index (χ1) is 7.70. The third-order valence-electron chi connectivity index (χ3n) is 2.74. The number of rotatable bonds is 6. The van der Waals surface area contributed by atoms with Crippen LogP contribution >= 0.6 is 59.6 Å². The molecule has 0 N–H and O–H groups in total. The third-order valence-corrected chi connectivity index (χ3v) is 6.19. The Labute approximate surface area is 127 Å². The standard InChI is InChI=1S/C12H15Br3S/c1-16-7-6-12(8-13,9-14)10-4-2-3-5-11(10)15/h2-5H,6-9H2,1H3. The van der Waals surface area contributed by atoms with Crippen molar-refractivity contribution >= 4 is 59.6 Å². The van der Waals surface area contributed by atoms with E-state index in [2.05, 4.69) is 78.3 Å². The van der Waals surface area contributed by atoms with Gasteiger partial charge in [0, 0.05) is 20.5 Å². The number of thioether (sulfide) groups is 1. The van der Waals surface area contributed by atoms with E-state index in [-0.39, 0.29) is 5.41 Å². The highest BCUT2D eigenvalue weighted by molar-refractivity contribution is 9.10. The van der Waals surface area contributed by atoms with E-state index < -0.39 is 0 Å². The third kappa shape index (κ3) is 3.50. The maximum atomic E-state index is 3.67. The fraction of sp³-hybridized carbons (Fsp3) is 0.500. The van der Waals surface area contributed by atoms with E-state index in [0.717, 1.165) is 10.7 Å². The molecule has 0 bridgehead atoms. The molecule has 0 nitrogen and oxygen atoms in total. The SMILES string of the molecule is CSCCC(CBr)(CBr)c1ccccc1Br. The first-order valence-electron chi connectivity index (χ1n) is 5.06. The maximum absolute atomic E-state index is 3.67. The lowest BCUT2D eigenvalue weighted by atomic mass is 9.82. The zero-order valence-corrected chi connectivity index (χ0v) is 14.8. The fourth-order valence-electron chi connectivity index (χ4n) is 1.64. The van der Waals surface area contributed by atoms with E-state index in [4.69, 9.17) is 0 Å². The molecule has 0 amide bonds. The normalized spacial score (nSPS) is 11.8. The summed E-state index contributed by atoms with van der Waals surface area (Å²) in [6, 6.07) is 8.51. The summed E-state index contributed by atoms with van der Waals surface area (Å²) in [4.78, 5) is 0. The lowest BCUT2D eigenvalue weighted by Crippen LogP contribution is -2.31. The van der Waals surface area contributed by atoms with E-state index in [1.54, 1.807) is 0 Å². The zero-order valence-electron chi connectivity index (χ0n) is 9.18. The largest absolute Gasteiger partial charge is 0.165 e. The van der Waals surface area contributed by atoms with Gasteiger partial charge in [0.15, 0.2) is 0 Å². The van der Waals surface area contributed by atoms with Gasteiger partial charge >= 0.3 is 0 Å².